The molecule has 16 heavy (non-hydrogen) atoms. The van der Waals surface area contributed by atoms with Gasteiger partial charge in [-0.15, -0.1) is 0 Å². The Morgan fingerprint density at radius 2 is 1.94 bits per heavy atom. The quantitative estimate of drug-likeness (QED) is 0.717. The molecule has 0 radical (unpaired) electrons. The number of rotatable bonds is 7. The molecule has 3 nitrogen and oxygen atoms in total. The maximum absolute atomic E-state index is 5.56. The van der Waals surface area contributed by atoms with Crippen LogP contribution in [0.5, 0.6) is 0 Å². The normalized spacial score (nSPS) is 10.4. The summed E-state index contributed by atoms with van der Waals surface area (Å²) in [7, 11) is 2.10. The number of nitrogens with zero attached hydrogens (tertiary/aromatic N) is 1. The van der Waals surface area contributed by atoms with Crippen LogP contribution in [0.15, 0.2) is 24.3 Å². The van der Waals surface area contributed by atoms with Gasteiger partial charge < -0.3 is 15.4 Å². The zero-order chi connectivity index (χ0) is 11.8. The minimum absolute atomic E-state index is 0.605. The van der Waals surface area contributed by atoms with Crippen LogP contribution >= 0.6 is 0 Å². The first-order valence-corrected chi connectivity index (χ1v) is 5.85. The fourth-order valence-electron chi connectivity index (χ4n) is 1.56. The molecular weight excluding hydrogens is 200 g/mol. The molecule has 2 N–H and O–H groups in total. The molecule has 1 aromatic carbocycles. The molecule has 3 heteroatoms. The molecule has 0 aromatic heterocycles. The Hall–Kier alpha value is -1.06. The van der Waals surface area contributed by atoms with Gasteiger partial charge in [0.1, 0.15) is 0 Å². The van der Waals surface area contributed by atoms with Gasteiger partial charge in [-0.3, -0.25) is 0 Å². The predicted octanol–water partition coefficient (Wildman–Crippen LogP) is 2.01. The third kappa shape index (κ3) is 4.21. The van der Waals surface area contributed by atoms with Crippen LogP contribution in [-0.4, -0.2) is 26.8 Å². The van der Waals surface area contributed by atoms with E-state index in [1.54, 1.807) is 0 Å². The van der Waals surface area contributed by atoms with Gasteiger partial charge in [0.25, 0.3) is 0 Å². The van der Waals surface area contributed by atoms with Crippen LogP contribution < -0.4 is 10.6 Å². The molecule has 0 fully saturated rings. The Balaban J connectivity index is 2.37. The summed E-state index contributed by atoms with van der Waals surface area (Å²) in [6, 6.07) is 8.38. The highest BCUT2D eigenvalue weighted by atomic mass is 16.5. The number of nitrogens with two attached hydrogens (primary N) is 1. The summed E-state index contributed by atoms with van der Waals surface area (Å²) < 4.78 is 5.31. The van der Waals surface area contributed by atoms with Crippen LogP contribution in [0.2, 0.25) is 0 Å². The predicted molar refractivity (Wildman–Crippen MR) is 68.7 cm³/mol. The molecule has 90 valence electrons. The van der Waals surface area contributed by atoms with Crippen LogP contribution in [0.4, 0.5) is 5.69 Å². The second-order valence-electron chi connectivity index (χ2n) is 3.84. The number of anilines is 1. The highest BCUT2D eigenvalue weighted by molar-refractivity contribution is 5.46. The monoisotopic (exact) mass is 222 g/mol. The first-order valence-electron chi connectivity index (χ1n) is 5.85. The number of ether oxygens (including phenoxy) is 1. The van der Waals surface area contributed by atoms with E-state index < -0.39 is 0 Å². The van der Waals surface area contributed by atoms with Crippen LogP contribution in [-0.2, 0) is 11.3 Å². The van der Waals surface area contributed by atoms with Crippen LogP contribution in [0.1, 0.15) is 18.9 Å². The third-order valence-electron chi connectivity index (χ3n) is 2.60. The van der Waals surface area contributed by atoms with E-state index in [1.807, 2.05) is 6.92 Å². The van der Waals surface area contributed by atoms with Gasteiger partial charge in [0.05, 0.1) is 0 Å². The van der Waals surface area contributed by atoms with Gasteiger partial charge in [0.15, 0.2) is 0 Å². The molecule has 0 unspecified atom stereocenters. The summed E-state index contributed by atoms with van der Waals surface area (Å²) >= 11 is 0. The lowest BCUT2D eigenvalue weighted by Crippen LogP contribution is -2.19. The maximum Gasteiger partial charge on any atom is 0.0482 e. The summed E-state index contributed by atoms with van der Waals surface area (Å²) in [5.41, 5.74) is 7.96. The Kier molecular flexibility index (Phi) is 5.90. The minimum atomic E-state index is 0.605. The summed E-state index contributed by atoms with van der Waals surface area (Å²) in [5.74, 6) is 0. The van der Waals surface area contributed by atoms with E-state index in [1.165, 1.54) is 11.3 Å². The van der Waals surface area contributed by atoms with Crippen molar-refractivity contribution in [3.05, 3.63) is 29.8 Å². The molecule has 0 saturated heterocycles. The first kappa shape index (κ1) is 13.0. The van der Waals surface area contributed by atoms with E-state index in [2.05, 4.69) is 36.2 Å². The second-order valence-corrected chi connectivity index (χ2v) is 3.84. The Morgan fingerprint density at radius 1 is 1.25 bits per heavy atom. The molecule has 0 aliphatic rings. The summed E-state index contributed by atoms with van der Waals surface area (Å²) in [4.78, 5) is 2.24. The van der Waals surface area contributed by atoms with Crippen LogP contribution in [0.25, 0.3) is 0 Å². The molecule has 0 spiro atoms. The van der Waals surface area contributed by atoms with Crippen molar-refractivity contribution in [1.82, 2.24) is 0 Å². The van der Waals surface area contributed by atoms with E-state index in [0.717, 1.165) is 26.2 Å². The second kappa shape index (κ2) is 7.25. The van der Waals surface area contributed by atoms with E-state index in [9.17, 15) is 0 Å². The lowest BCUT2D eigenvalue weighted by Gasteiger charge is -2.19. The molecule has 0 saturated carbocycles. The smallest absolute Gasteiger partial charge is 0.0482 e. The molecule has 1 aromatic rings. The van der Waals surface area contributed by atoms with Gasteiger partial charge in [-0.25, -0.2) is 0 Å². The van der Waals surface area contributed by atoms with Crippen molar-refractivity contribution in [3.8, 4) is 0 Å². The molecule has 0 bridgehead atoms. The molecule has 0 aliphatic carbocycles. The molecule has 0 heterocycles. The molecule has 1 rings (SSSR count). The standard InChI is InChI=1S/C13H22N2O/c1-3-16-10-4-9-15(2)13-7-5-12(11-14)6-8-13/h5-8H,3-4,9-11,14H2,1-2H3. The highest BCUT2D eigenvalue weighted by Gasteiger charge is 2.00. The zero-order valence-corrected chi connectivity index (χ0v) is 10.3. The molecule has 0 aliphatic heterocycles. The Morgan fingerprint density at radius 3 is 2.50 bits per heavy atom. The van der Waals surface area contributed by atoms with Gasteiger partial charge in [-0.05, 0) is 31.0 Å². The van der Waals surface area contributed by atoms with Gasteiger partial charge in [-0.2, -0.15) is 0 Å². The summed E-state index contributed by atoms with van der Waals surface area (Å²) in [5, 5.41) is 0. The molecular formula is C13H22N2O. The Bertz CT molecular complexity index is 284. The van der Waals surface area contributed by atoms with E-state index >= 15 is 0 Å². The van der Waals surface area contributed by atoms with Crippen molar-refractivity contribution in [2.75, 3.05) is 31.7 Å². The number of hydrogen-bond donors (Lipinski definition) is 1. The van der Waals surface area contributed by atoms with Crippen molar-refractivity contribution in [2.45, 2.75) is 19.9 Å². The zero-order valence-electron chi connectivity index (χ0n) is 10.3. The van der Waals surface area contributed by atoms with Crippen LogP contribution in [0, 0.1) is 0 Å². The van der Waals surface area contributed by atoms with E-state index in [4.69, 9.17) is 10.5 Å². The summed E-state index contributed by atoms with van der Waals surface area (Å²) in [6.45, 7) is 5.28. The SMILES string of the molecule is CCOCCCN(C)c1ccc(CN)cc1. The largest absolute Gasteiger partial charge is 0.382 e. The topological polar surface area (TPSA) is 38.5 Å². The maximum atomic E-state index is 5.56. The number of hydrogen-bond acceptors (Lipinski definition) is 3. The van der Waals surface area contributed by atoms with Gasteiger partial charge in [0.2, 0.25) is 0 Å². The average Bonchev–Trinajstić information content (AvgIpc) is 2.34. The highest BCUT2D eigenvalue weighted by Crippen LogP contribution is 2.13. The number of benzene rings is 1. The van der Waals surface area contributed by atoms with Crippen LogP contribution in [0.3, 0.4) is 0 Å². The van der Waals surface area contributed by atoms with Gasteiger partial charge in [0, 0.05) is 39.0 Å². The van der Waals surface area contributed by atoms with Crippen molar-refractivity contribution < 1.29 is 4.74 Å². The fraction of sp³-hybridized carbons (Fsp3) is 0.538. The van der Waals surface area contributed by atoms with Crippen molar-refractivity contribution in [1.29, 1.82) is 0 Å². The fourth-order valence-corrected chi connectivity index (χ4v) is 1.56. The minimum Gasteiger partial charge on any atom is -0.382 e. The van der Waals surface area contributed by atoms with Crippen molar-refractivity contribution in [2.24, 2.45) is 5.73 Å². The molecule has 0 amide bonds. The van der Waals surface area contributed by atoms with Crippen molar-refractivity contribution >= 4 is 5.69 Å². The van der Waals surface area contributed by atoms with Gasteiger partial charge >= 0.3 is 0 Å². The average molecular weight is 222 g/mol. The van der Waals surface area contributed by atoms with E-state index in [-0.39, 0.29) is 0 Å². The summed E-state index contributed by atoms with van der Waals surface area (Å²) in [6.07, 6.45) is 1.06. The molecule has 0 atom stereocenters. The lowest BCUT2D eigenvalue weighted by molar-refractivity contribution is 0.146. The van der Waals surface area contributed by atoms with Crippen molar-refractivity contribution in [3.63, 3.8) is 0 Å². The van der Waals surface area contributed by atoms with Gasteiger partial charge in [-0.1, -0.05) is 12.1 Å². The van der Waals surface area contributed by atoms with E-state index in [0.29, 0.717) is 6.54 Å². The lowest BCUT2D eigenvalue weighted by atomic mass is 10.2. The Labute approximate surface area is 98.2 Å². The first-order chi connectivity index (χ1) is 7.77. The third-order valence-corrected chi connectivity index (χ3v) is 2.60.